The van der Waals surface area contributed by atoms with Gasteiger partial charge in [-0.05, 0) is 85.3 Å². The molecule has 0 atom stereocenters. The number of aromatic nitrogens is 3. The molecule has 2 heterocycles. The molecule has 11 aromatic rings. The van der Waals surface area contributed by atoms with Crippen molar-refractivity contribution in [3.63, 3.8) is 0 Å². The maximum absolute atomic E-state index is 6.65. The smallest absolute Gasteiger partial charge is 0.164 e. The molecule has 9 aromatic carbocycles. The van der Waals surface area contributed by atoms with Crippen LogP contribution in [0.4, 0.5) is 0 Å². The summed E-state index contributed by atoms with van der Waals surface area (Å²) in [6.45, 7) is 0. The highest BCUT2D eigenvalue weighted by Crippen LogP contribution is 2.43. The number of furan rings is 1. The Hall–Kier alpha value is -7.69. The van der Waals surface area contributed by atoms with Crippen molar-refractivity contribution in [2.75, 3.05) is 0 Å². The van der Waals surface area contributed by atoms with Crippen LogP contribution in [0.2, 0.25) is 0 Å². The number of nitrogens with zero attached hydrogens (tertiary/aromatic N) is 3. The third-order valence-corrected chi connectivity index (χ3v) is 10.9. The number of hydrogen-bond acceptors (Lipinski definition) is 4. The molecule has 0 bridgehead atoms. The van der Waals surface area contributed by atoms with E-state index in [0.717, 1.165) is 77.0 Å². The summed E-state index contributed by atoms with van der Waals surface area (Å²) >= 11 is 0. The van der Waals surface area contributed by atoms with Crippen molar-refractivity contribution in [2.24, 2.45) is 0 Å². The summed E-state index contributed by atoms with van der Waals surface area (Å²) in [5.41, 5.74) is 11.0. The van der Waals surface area contributed by atoms with Gasteiger partial charge in [0, 0.05) is 27.5 Å². The predicted octanol–water partition coefficient (Wildman–Crippen LogP) is 14.1. The molecule has 0 saturated heterocycles. The van der Waals surface area contributed by atoms with Gasteiger partial charge in [-0.1, -0.05) is 170 Å². The van der Waals surface area contributed by atoms with Gasteiger partial charge in [0.15, 0.2) is 17.5 Å². The molecule has 4 nitrogen and oxygen atoms in total. The first-order chi connectivity index (χ1) is 28.2. The first-order valence-electron chi connectivity index (χ1n) is 19.2. The van der Waals surface area contributed by atoms with Gasteiger partial charge in [0.1, 0.15) is 11.2 Å². The minimum atomic E-state index is 0.580. The molecule has 0 amide bonds. The van der Waals surface area contributed by atoms with Crippen LogP contribution in [0.25, 0.3) is 111 Å². The lowest BCUT2D eigenvalue weighted by Gasteiger charge is -2.14. The molecule has 0 unspecified atom stereocenters. The van der Waals surface area contributed by atoms with Crippen molar-refractivity contribution in [3.05, 3.63) is 200 Å². The van der Waals surface area contributed by atoms with Crippen molar-refractivity contribution in [1.29, 1.82) is 0 Å². The average Bonchev–Trinajstić information content (AvgIpc) is 3.67. The van der Waals surface area contributed by atoms with Gasteiger partial charge in [0.05, 0.1) is 0 Å². The molecule has 0 fully saturated rings. The van der Waals surface area contributed by atoms with Gasteiger partial charge in [-0.15, -0.1) is 0 Å². The fourth-order valence-corrected chi connectivity index (χ4v) is 8.16. The predicted molar refractivity (Wildman–Crippen MR) is 235 cm³/mol. The van der Waals surface area contributed by atoms with E-state index in [2.05, 4.69) is 182 Å². The SMILES string of the molecule is c1ccc(-c2cccc(-c3nc(-c4ccc5ccccc5c4)nc(-c4cc(-c5ccc(-c6ccccc6)c6ccccc56)cc5oc6ccccc6c45)n3)c2)cc1. The Bertz CT molecular complexity index is 3300. The molecular formula is C53H33N3O. The average molecular weight is 728 g/mol. The second-order valence-electron chi connectivity index (χ2n) is 14.4. The van der Waals surface area contributed by atoms with E-state index in [0.29, 0.717) is 17.5 Å². The summed E-state index contributed by atoms with van der Waals surface area (Å²) in [5.74, 6) is 1.79. The first-order valence-corrected chi connectivity index (χ1v) is 19.2. The molecule has 11 rings (SSSR count). The summed E-state index contributed by atoms with van der Waals surface area (Å²) in [7, 11) is 0. The monoisotopic (exact) mass is 727 g/mol. The molecule has 0 aliphatic rings. The van der Waals surface area contributed by atoms with Crippen LogP contribution in [-0.4, -0.2) is 15.0 Å². The minimum absolute atomic E-state index is 0.580. The van der Waals surface area contributed by atoms with Crippen LogP contribution in [0, 0.1) is 0 Å². The van der Waals surface area contributed by atoms with E-state index in [-0.39, 0.29) is 0 Å². The van der Waals surface area contributed by atoms with Crippen LogP contribution >= 0.6 is 0 Å². The second kappa shape index (κ2) is 13.6. The summed E-state index contributed by atoms with van der Waals surface area (Å²) in [5, 5.41) is 6.62. The fraction of sp³-hybridized carbons (Fsp3) is 0. The van der Waals surface area contributed by atoms with Gasteiger partial charge >= 0.3 is 0 Å². The van der Waals surface area contributed by atoms with E-state index in [1.54, 1.807) is 0 Å². The number of fused-ring (bicyclic) bond motifs is 5. The molecule has 0 N–H and O–H groups in total. The van der Waals surface area contributed by atoms with Crippen molar-refractivity contribution in [1.82, 2.24) is 15.0 Å². The van der Waals surface area contributed by atoms with E-state index < -0.39 is 0 Å². The maximum atomic E-state index is 6.65. The zero-order chi connectivity index (χ0) is 37.7. The molecule has 57 heavy (non-hydrogen) atoms. The molecule has 266 valence electrons. The maximum Gasteiger partial charge on any atom is 0.164 e. The van der Waals surface area contributed by atoms with E-state index in [1.807, 2.05) is 18.2 Å². The quantitative estimate of drug-likeness (QED) is 0.171. The Morgan fingerprint density at radius 1 is 0.281 bits per heavy atom. The van der Waals surface area contributed by atoms with Crippen molar-refractivity contribution in [3.8, 4) is 67.5 Å². The van der Waals surface area contributed by atoms with Crippen molar-refractivity contribution < 1.29 is 4.42 Å². The lowest BCUT2D eigenvalue weighted by molar-refractivity contribution is 0.669. The number of para-hydroxylation sites is 1. The molecular weight excluding hydrogens is 695 g/mol. The molecule has 0 saturated carbocycles. The van der Waals surface area contributed by atoms with E-state index in [1.165, 1.54) is 16.5 Å². The van der Waals surface area contributed by atoms with Crippen LogP contribution in [0.5, 0.6) is 0 Å². The largest absolute Gasteiger partial charge is 0.456 e. The summed E-state index contributed by atoms with van der Waals surface area (Å²) in [6.07, 6.45) is 0. The first kappa shape index (κ1) is 32.7. The van der Waals surface area contributed by atoms with Crippen LogP contribution in [0.3, 0.4) is 0 Å². The molecule has 0 aliphatic carbocycles. The summed E-state index contributed by atoms with van der Waals surface area (Å²) < 4.78 is 6.65. The highest BCUT2D eigenvalue weighted by atomic mass is 16.3. The minimum Gasteiger partial charge on any atom is -0.456 e. The Labute approximate surface area is 329 Å². The van der Waals surface area contributed by atoms with Crippen molar-refractivity contribution >= 4 is 43.5 Å². The van der Waals surface area contributed by atoms with Gasteiger partial charge < -0.3 is 4.42 Å². The number of rotatable bonds is 6. The van der Waals surface area contributed by atoms with E-state index in [4.69, 9.17) is 19.4 Å². The Morgan fingerprint density at radius 2 is 0.842 bits per heavy atom. The van der Waals surface area contributed by atoms with Gasteiger partial charge in [0.25, 0.3) is 0 Å². The number of benzene rings is 9. The third-order valence-electron chi connectivity index (χ3n) is 10.9. The zero-order valence-electron chi connectivity index (χ0n) is 30.8. The van der Waals surface area contributed by atoms with Crippen molar-refractivity contribution in [2.45, 2.75) is 0 Å². The fourth-order valence-electron chi connectivity index (χ4n) is 8.16. The van der Waals surface area contributed by atoms with E-state index >= 15 is 0 Å². The van der Waals surface area contributed by atoms with Gasteiger partial charge in [-0.25, -0.2) is 15.0 Å². The highest BCUT2D eigenvalue weighted by Gasteiger charge is 2.21. The lowest BCUT2D eigenvalue weighted by atomic mass is 9.90. The molecule has 0 aliphatic heterocycles. The Kier molecular flexibility index (Phi) is 7.78. The van der Waals surface area contributed by atoms with Crippen LogP contribution < -0.4 is 0 Å². The van der Waals surface area contributed by atoms with Gasteiger partial charge in [-0.2, -0.15) is 0 Å². The van der Waals surface area contributed by atoms with Gasteiger partial charge in [0.2, 0.25) is 0 Å². The third kappa shape index (κ3) is 5.83. The Balaban J connectivity index is 1.17. The molecule has 4 heteroatoms. The van der Waals surface area contributed by atoms with Crippen LogP contribution in [0.1, 0.15) is 0 Å². The van der Waals surface area contributed by atoms with Gasteiger partial charge in [-0.3, -0.25) is 0 Å². The summed E-state index contributed by atoms with van der Waals surface area (Å²) in [6, 6.07) is 69.9. The van der Waals surface area contributed by atoms with Crippen LogP contribution in [0.15, 0.2) is 205 Å². The van der Waals surface area contributed by atoms with Crippen LogP contribution in [-0.2, 0) is 0 Å². The zero-order valence-corrected chi connectivity index (χ0v) is 30.8. The molecule has 0 spiro atoms. The normalized spacial score (nSPS) is 11.5. The molecule has 0 radical (unpaired) electrons. The lowest BCUT2D eigenvalue weighted by Crippen LogP contribution is -2.01. The molecule has 2 aromatic heterocycles. The topological polar surface area (TPSA) is 51.8 Å². The number of hydrogen-bond donors (Lipinski definition) is 0. The second-order valence-corrected chi connectivity index (χ2v) is 14.4. The highest BCUT2D eigenvalue weighted by molar-refractivity contribution is 6.14. The van der Waals surface area contributed by atoms with E-state index in [9.17, 15) is 0 Å². The Morgan fingerprint density at radius 3 is 1.60 bits per heavy atom. The summed E-state index contributed by atoms with van der Waals surface area (Å²) in [4.78, 5) is 15.8. The standard InChI is InChI=1S/C53H33N3O/c1-3-14-34(15-4-1)38-20-13-21-39(30-38)51-54-52(40-27-26-35-16-7-8-19-37(35)31-40)56-53(55-51)47-32-41(33-49-50(47)46-24-11-12-25-48(46)57-49)43-29-28-42(36-17-5-2-6-18-36)44-22-9-10-23-45(43)44/h1-33H.